The van der Waals surface area contributed by atoms with Crippen LogP contribution in [0.2, 0.25) is 0 Å². The van der Waals surface area contributed by atoms with E-state index < -0.39 is 0 Å². The van der Waals surface area contributed by atoms with Gasteiger partial charge in [-0.15, -0.1) is 0 Å². The molecule has 1 aliphatic carbocycles. The van der Waals surface area contributed by atoms with Crippen molar-refractivity contribution in [2.45, 2.75) is 71.6 Å². The number of nitrogens with zero attached hydrogens (tertiary/aromatic N) is 2. The third kappa shape index (κ3) is 2.07. The summed E-state index contributed by atoms with van der Waals surface area (Å²) in [5, 5.41) is 0. The van der Waals surface area contributed by atoms with Crippen LogP contribution in [-0.4, -0.2) is 23.1 Å². The first kappa shape index (κ1) is 15.1. The number of rotatable bonds is 2. The monoisotopic (exact) mass is 310 g/mol. The Morgan fingerprint density at radius 2 is 1.78 bits per heavy atom. The molecule has 2 fully saturated rings. The minimum atomic E-state index is 0.335. The molecule has 2 aliphatic heterocycles. The van der Waals surface area contributed by atoms with Gasteiger partial charge in [-0.2, -0.15) is 0 Å². The van der Waals surface area contributed by atoms with E-state index in [2.05, 4.69) is 74.0 Å². The van der Waals surface area contributed by atoms with Crippen LogP contribution in [0.1, 0.15) is 52.0 Å². The van der Waals surface area contributed by atoms with Crippen LogP contribution in [0.25, 0.3) is 0 Å². The summed E-state index contributed by atoms with van der Waals surface area (Å²) in [4.78, 5) is 5.28. The van der Waals surface area contributed by atoms with Crippen LogP contribution in [0.4, 0.5) is 5.69 Å². The molecule has 1 saturated heterocycles. The molecule has 2 heteroatoms. The van der Waals surface area contributed by atoms with E-state index >= 15 is 0 Å². The van der Waals surface area contributed by atoms with E-state index in [0.29, 0.717) is 23.7 Å². The Labute approximate surface area is 141 Å². The maximum atomic E-state index is 2.65. The molecule has 1 saturated carbocycles. The molecule has 124 valence electrons. The van der Waals surface area contributed by atoms with Crippen LogP contribution in [0.3, 0.4) is 0 Å². The molecule has 0 aromatic heterocycles. The lowest BCUT2D eigenvalue weighted by Gasteiger charge is -2.39. The summed E-state index contributed by atoms with van der Waals surface area (Å²) in [7, 11) is 0. The minimum Gasteiger partial charge on any atom is -0.352 e. The molecule has 4 atom stereocenters. The molecule has 0 radical (unpaired) electrons. The van der Waals surface area contributed by atoms with Gasteiger partial charge in [0.2, 0.25) is 0 Å². The fourth-order valence-electron chi connectivity index (χ4n) is 5.72. The lowest BCUT2D eigenvalue weighted by atomic mass is 9.70. The lowest BCUT2D eigenvalue weighted by molar-refractivity contribution is 0.136. The van der Waals surface area contributed by atoms with Gasteiger partial charge in [-0.3, -0.25) is 0 Å². The number of anilines is 1. The van der Waals surface area contributed by atoms with E-state index in [1.54, 1.807) is 0 Å². The van der Waals surface area contributed by atoms with Gasteiger partial charge in [0, 0.05) is 17.1 Å². The van der Waals surface area contributed by atoms with E-state index in [1.807, 2.05) is 0 Å². The smallest absolute Gasteiger partial charge is 0.0989 e. The highest BCUT2D eigenvalue weighted by Crippen LogP contribution is 2.53. The van der Waals surface area contributed by atoms with Gasteiger partial charge in [-0.05, 0) is 57.4 Å². The van der Waals surface area contributed by atoms with Crippen LogP contribution in [0, 0.1) is 18.3 Å². The highest BCUT2D eigenvalue weighted by atomic mass is 15.5. The first-order valence-electron chi connectivity index (χ1n) is 9.35. The molecule has 23 heavy (non-hydrogen) atoms. The molecular weight excluding hydrogens is 280 g/mol. The third-order valence-corrected chi connectivity index (χ3v) is 6.92. The molecule has 1 aromatic carbocycles. The quantitative estimate of drug-likeness (QED) is 0.763. The van der Waals surface area contributed by atoms with E-state index in [-0.39, 0.29) is 0 Å². The first-order valence-corrected chi connectivity index (χ1v) is 9.35. The maximum absolute atomic E-state index is 2.65. The van der Waals surface area contributed by atoms with Crippen molar-refractivity contribution < 1.29 is 0 Å². The second kappa shape index (κ2) is 5.29. The van der Waals surface area contributed by atoms with Gasteiger partial charge in [0.1, 0.15) is 0 Å². The van der Waals surface area contributed by atoms with Crippen molar-refractivity contribution in [3.05, 3.63) is 42.1 Å². The Morgan fingerprint density at radius 1 is 1.09 bits per heavy atom. The Hall–Kier alpha value is -1.44. The zero-order chi connectivity index (χ0) is 16.2. The lowest BCUT2D eigenvalue weighted by Crippen LogP contribution is -2.45. The number of fused-ring (bicyclic) bond motifs is 1. The summed E-state index contributed by atoms with van der Waals surface area (Å²) in [5.74, 6) is 0.861. The highest BCUT2D eigenvalue weighted by molar-refractivity contribution is 5.56. The largest absolute Gasteiger partial charge is 0.352 e. The van der Waals surface area contributed by atoms with Crippen LogP contribution >= 0.6 is 0 Å². The SMILES string of the molecule is Cc1ccccc1N1C(C)N2C=C[C@@](C)(C3CCCC3)C2[C@@H]1C. The van der Waals surface area contributed by atoms with E-state index in [4.69, 9.17) is 0 Å². The van der Waals surface area contributed by atoms with Gasteiger partial charge in [0.05, 0.1) is 12.2 Å². The molecule has 1 aromatic rings. The number of hydrogen-bond donors (Lipinski definition) is 0. The Kier molecular flexibility index (Phi) is 3.48. The summed E-state index contributed by atoms with van der Waals surface area (Å²) < 4.78 is 0. The average molecular weight is 310 g/mol. The second-order valence-electron chi connectivity index (χ2n) is 8.12. The van der Waals surface area contributed by atoms with Crippen LogP contribution < -0.4 is 4.90 Å². The second-order valence-corrected chi connectivity index (χ2v) is 8.12. The van der Waals surface area contributed by atoms with Gasteiger partial charge >= 0.3 is 0 Å². The summed E-state index contributed by atoms with van der Waals surface area (Å²) in [6, 6.07) is 10.0. The Bertz CT molecular complexity index is 616. The molecular formula is C21H30N2. The van der Waals surface area contributed by atoms with Crippen molar-refractivity contribution in [3.63, 3.8) is 0 Å². The zero-order valence-corrected chi connectivity index (χ0v) is 15.0. The van der Waals surface area contributed by atoms with Crippen molar-refractivity contribution in [2.24, 2.45) is 11.3 Å². The van der Waals surface area contributed by atoms with Gasteiger partial charge in [-0.25, -0.2) is 0 Å². The van der Waals surface area contributed by atoms with Crippen LogP contribution in [0.5, 0.6) is 0 Å². The average Bonchev–Trinajstić information content (AvgIpc) is 3.22. The third-order valence-electron chi connectivity index (χ3n) is 6.92. The summed E-state index contributed by atoms with van der Waals surface area (Å²) in [5.41, 5.74) is 3.13. The Balaban J connectivity index is 1.70. The van der Waals surface area contributed by atoms with Gasteiger partial charge in [-0.1, -0.05) is 44.0 Å². The minimum absolute atomic E-state index is 0.335. The highest BCUT2D eigenvalue weighted by Gasteiger charge is 2.55. The number of benzene rings is 1. The molecule has 0 bridgehead atoms. The zero-order valence-electron chi connectivity index (χ0n) is 15.0. The van der Waals surface area contributed by atoms with Crippen LogP contribution in [-0.2, 0) is 0 Å². The molecule has 4 rings (SSSR count). The fraction of sp³-hybridized carbons (Fsp3) is 0.619. The van der Waals surface area contributed by atoms with Gasteiger partial charge in [0.25, 0.3) is 0 Å². The maximum Gasteiger partial charge on any atom is 0.0989 e. The first-order chi connectivity index (χ1) is 11.0. The van der Waals surface area contributed by atoms with Crippen molar-refractivity contribution in [3.8, 4) is 0 Å². The van der Waals surface area contributed by atoms with E-state index in [0.717, 1.165) is 5.92 Å². The predicted octanol–water partition coefficient (Wildman–Crippen LogP) is 4.94. The number of hydrogen-bond acceptors (Lipinski definition) is 2. The van der Waals surface area contributed by atoms with Gasteiger partial charge < -0.3 is 9.80 Å². The van der Waals surface area contributed by atoms with Gasteiger partial charge in [0.15, 0.2) is 0 Å². The molecule has 0 amide bonds. The van der Waals surface area contributed by atoms with Crippen molar-refractivity contribution in [2.75, 3.05) is 4.90 Å². The predicted molar refractivity (Wildman–Crippen MR) is 97.4 cm³/mol. The molecule has 2 nitrogen and oxygen atoms in total. The van der Waals surface area contributed by atoms with Crippen molar-refractivity contribution in [1.82, 2.24) is 4.90 Å². The van der Waals surface area contributed by atoms with E-state index in [1.165, 1.54) is 36.9 Å². The normalized spacial score (nSPS) is 37.0. The van der Waals surface area contributed by atoms with Crippen molar-refractivity contribution >= 4 is 5.69 Å². The molecule has 2 heterocycles. The fourth-order valence-corrected chi connectivity index (χ4v) is 5.72. The topological polar surface area (TPSA) is 6.48 Å². The number of aryl methyl sites for hydroxylation is 1. The standard InChI is InChI=1S/C21H30N2/c1-15-9-5-8-12-19(15)23-16(2)20-21(4,18-10-6-7-11-18)13-14-22(20)17(23)3/h5,8-9,12-14,16-18,20H,6-7,10-11H2,1-4H3/t16-,17?,20?,21-/m0/s1. The molecule has 0 N–H and O–H groups in total. The number of para-hydroxylation sites is 1. The van der Waals surface area contributed by atoms with E-state index in [9.17, 15) is 0 Å². The molecule has 3 aliphatic rings. The summed E-state index contributed by atoms with van der Waals surface area (Å²) in [6.07, 6.45) is 11.1. The molecule has 2 unspecified atom stereocenters. The van der Waals surface area contributed by atoms with Crippen molar-refractivity contribution in [1.29, 1.82) is 0 Å². The Morgan fingerprint density at radius 3 is 2.48 bits per heavy atom. The molecule has 0 spiro atoms. The summed E-state index contributed by atoms with van der Waals surface area (Å²) in [6.45, 7) is 9.57. The van der Waals surface area contributed by atoms with Crippen LogP contribution in [0.15, 0.2) is 36.5 Å². The summed E-state index contributed by atoms with van der Waals surface area (Å²) >= 11 is 0.